The van der Waals surface area contributed by atoms with Crippen molar-refractivity contribution in [2.24, 2.45) is 0 Å². The van der Waals surface area contributed by atoms with Gasteiger partial charge in [-0.2, -0.15) is 0 Å². The Morgan fingerprint density at radius 1 is 1.06 bits per heavy atom. The van der Waals surface area contributed by atoms with E-state index < -0.39 is 0 Å². The second-order valence-corrected chi connectivity index (χ2v) is 5.25. The molecule has 1 N–H and O–H groups in total. The molecule has 0 aliphatic heterocycles. The number of anilines is 1. The van der Waals surface area contributed by atoms with E-state index in [0.29, 0.717) is 6.04 Å². The van der Waals surface area contributed by atoms with Gasteiger partial charge in [-0.25, -0.2) is 0 Å². The van der Waals surface area contributed by atoms with Gasteiger partial charge in [0.2, 0.25) is 0 Å². The molecule has 0 radical (unpaired) electrons. The Hall–Kier alpha value is -1.02. The number of benzene rings is 1. The van der Waals surface area contributed by atoms with Crippen molar-refractivity contribution in [3.05, 3.63) is 28.8 Å². The molecule has 2 nitrogen and oxygen atoms in total. The zero-order chi connectivity index (χ0) is 13.0. The smallest absolute Gasteiger partial charge is 0.0396 e. The third-order valence-corrected chi connectivity index (χ3v) is 3.22. The first-order chi connectivity index (χ1) is 7.91. The monoisotopic (exact) mass is 234 g/mol. The lowest BCUT2D eigenvalue weighted by Gasteiger charge is -2.23. The van der Waals surface area contributed by atoms with Crippen LogP contribution in [0.2, 0.25) is 0 Å². The Morgan fingerprint density at radius 3 is 2.24 bits per heavy atom. The van der Waals surface area contributed by atoms with Crippen LogP contribution in [0.4, 0.5) is 5.69 Å². The average Bonchev–Trinajstić information content (AvgIpc) is 2.22. The molecule has 0 saturated carbocycles. The maximum Gasteiger partial charge on any atom is 0.0396 e. The number of hydrogen-bond donors (Lipinski definition) is 1. The molecule has 2 heteroatoms. The van der Waals surface area contributed by atoms with Crippen molar-refractivity contribution in [3.8, 4) is 0 Å². The minimum Gasteiger partial charge on any atom is -0.373 e. The number of nitrogens with zero attached hydrogens (tertiary/aromatic N) is 1. The minimum atomic E-state index is 0.559. The van der Waals surface area contributed by atoms with Crippen molar-refractivity contribution in [3.63, 3.8) is 0 Å². The zero-order valence-electron chi connectivity index (χ0n) is 12.1. The fourth-order valence-electron chi connectivity index (χ4n) is 2.00. The van der Waals surface area contributed by atoms with Gasteiger partial charge in [0.25, 0.3) is 0 Å². The van der Waals surface area contributed by atoms with Gasteiger partial charge in [-0.15, -0.1) is 0 Å². The highest BCUT2D eigenvalue weighted by Gasteiger charge is 2.06. The summed E-state index contributed by atoms with van der Waals surface area (Å²) in [6.07, 6.45) is 0. The maximum atomic E-state index is 3.45. The van der Waals surface area contributed by atoms with E-state index in [0.717, 1.165) is 13.1 Å². The second-order valence-electron chi connectivity index (χ2n) is 5.25. The normalized spacial score (nSPS) is 11.0. The Morgan fingerprint density at radius 2 is 1.65 bits per heavy atom. The molecule has 0 heterocycles. The quantitative estimate of drug-likeness (QED) is 0.842. The van der Waals surface area contributed by atoms with E-state index in [1.54, 1.807) is 0 Å². The van der Waals surface area contributed by atoms with Crippen LogP contribution in [0, 0.1) is 20.8 Å². The van der Waals surface area contributed by atoms with Crippen molar-refractivity contribution >= 4 is 5.69 Å². The van der Waals surface area contributed by atoms with E-state index in [2.05, 4.69) is 64.0 Å². The van der Waals surface area contributed by atoms with Gasteiger partial charge in [0, 0.05) is 31.9 Å². The summed E-state index contributed by atoms with van der Waals surface area (Å²) >= 11 is 0. The van der Waals surface area contributed by atoms with Gasteiger partial charge < -0.3 is 10.2 Å². The third kappa shape index (κ3) is 4.04. The standard InChI is InChI=1S/C15H26N2/c1-11(2)16-7-8-17(6)15-10-13(4)12(3)9-14(15)5/h9-11,16H,7-8H2,1-6H3. The summed E-state index contributed by atoms with van der Waals surface area (Å²) in [5.74, 6) is 0. The fraction of sp³-hybridized carbons (Fsp3) is 0.600. The van der Waals surface area contributed by atoms with Gasteiger partial charge in [0.15, 0.2) is 0 Å². The molecule has 0 atom stereocenters. The highest BCUT2D eigenvalue weighted by molar-refractivity contribution is 5.56. The van der Waals surface area contributed by atoms with Crippen LogP contribution in [0.1, 0.15) is 30.5 Å². The molecule has 0 aliphatic carbocycles. The van der Waals surface area contributed by atoms with Crippen molar-refractivity contribution < 1.29 is 0 Å². The molecule has 17 heavy (non-hydrogen) atoms. The van der Waals surface area contributed by atoms with Gasteiger partial charge in [-0.1, -0.05) is 19.9 Å². The Kier molecular flexibility index (Phi) is 5.01. The number of nitrogens with one attached hydrogen (secondary N) is 1. The Balaban J connectivity index is 2.68. The van der Waals surface area contributed by atoms with Crippen LogP contribution in [0.25, 0.3) is 0 Å². The molecule has 0 aliphatic rings. The molecule has 0 fully saturated rings. The number of hydrogen-bond acceptors (Lipinski definition) is 2. The lowest BCUT2D eigenvalue weighted by atomic mass is 10.0. The number of rotatable bonds is 5. The summed E-state index contributed by atoms with van der Waals surface area (Å²) in [7, 11) is 2.17. The van der Waals surface area contributed by atoms with Crippen molar-refractivity contribution in [2.75, 3.05) is 25.0 Å². The summed E-state index contributed by atoms with van der Waals surface area (Å²) in [5, 5.41) is 3.45. The maximum absolute atomic E-state index is 3.45. The van der Waals surface area contributed by atoms with E-state index in [1.165, 1.54) is 22.4 Å². The molecular formula is C15H26N2. The van der Waals surface area contributed by atoms with E-state index in [1.807, 2.05) is 0 Å². The van der Waals surface area contributed by atoms with Crippen molar-refractivity contribution in [2.45, 2.75) is 40.7 Å². The summed E-state index contributed by atoms with van der Waals surface area (Å²) in [6, 6.07) is 5.13. The third-order valence-electron chi connectivity index (χ3n) is 3.22. The first-order valence-corrected chi connectivity index (χ1v) is 6.44. The molecule has 1 aromatic carbocycles. The first kappa shape index (κ1) is 14.0. The van der Waals surface area contributed by atoms with Gasteiger partial charge in [0.05, 0.1) is 0 Å². The van der Waals surface area contributed by atoms with Crippen LogP contribution in [0.5, 0.6) is 0 Å². The molecule has 0 aromatic heterocycles. The molecule has 0 bridgehead atoms. The largest absolute Gasteiger partial charge is 0.373 e. The van der Waals surface area contributed by atoms with Crippen LogP contribution in [-0.2, 0) is 0 Å². The molecule has 1 aromatic rings. The summed E-state index contributed by atoms with van der Waals surface area (Å²) < 4.78 is 0. The fourth-order valence-corrected chi connectivity index (χ4v) is 2.00. The SMILES string of the molecule is Cc1cc(C)c(N(C)CCNC(C)C)cc1C. The van der Waals surface area contributed by atoms with Crippen LogP contribution in [-0.4, -0.2) is 26.2 Å². The summed E-state index contributed by atoms with van der Waals surface area (Å²) in [6.45, 7) is 13.0. The van der Waals surface area contributed by atoms with Crippen LogP contribution < -0.4 is 10.2 Å². The van der Waals surface area contributed by atoms with Crippen LogP contribution in [0.15, 0.2) is 12.1 Å². The lowest BCUT2D eigenvalue weighted by Crippen LogP contribution is -2.33. The Bertz CT molecular complexity index is 369. The van der Waals surface area contributed by atoms with Crippen LogP contribution in [0.3, 0.4) is 0 Å². The predicted octanol–water partition coefficient (Wildman–Crippen LogP) is 3.05. The van der Waals surface area contributed by atoms with E-state index in [9.17, 15) is 0 Å². The topological polar surface area (TPSA) is 15.3 Å². The van der Waals surface area contributed by atoms with Gasteiger partial charge in [-0.05, 0) is 43.5 Å². The molecule has 0 spiro atoms. The summed E-state index contributed by atoms with van der Waals surface area (Å²) in [5.41, 5.74) is 5.45. The van der Waals surface area contributed by atoms with Gasteiger partial charge >= 0.3 is 0 Å². The number of aryl methyl sites for hydroxylation is 3. The number of likely N-dealkylation sites (N-methyl/N-ethyl adjacent to an activating group) is 1. The van der Waals surface area contributed by atoms with Crippen LogP contribution >= 0.6 is 0 Å². The van der Waals surface area contributed by atoms with E-state index in [4.69, 9.17) is 0 Å². The highest BCUT2D eigenvalue weighted by Crippen LogP contribution is 2.22. The minimum absolute atomic E-state index is 0.559. The molecule has 0 amide bonds. The molecule has 96 valence electrons. The zero-order valence-corrected chi connectivity index (χ0v) is 12.1. The predicted molar refractivity (Wildman–Crippen MR) is 77.1 cm³/mol. The lowest BCUT2D eigenvalue weighted by molar-refractivity contribution is 0.589. The van der Waals surface area contributed by atoms with E-state index >= 15 is 0 Å². The highest BCUT2D eigenvalue weighted by atomic mass is 15.1. The van der Waals surface area contributed by atoms with Crippen molar-refractivity contribution in [1.29, 1.82) is 0 Å². The summed E-state index contributed by atoms with van der Waals surface area (Å²) in [4.78, 5) is 2.33. The molecular weight excluding hydrogens is 208 g/mol. The van der Waals surface area contributed by atoms with Gasteiger partial charge in [-0.3, -0.25) is 0 Å². The Labute approximate surface area is 106 Å². The molecule has 0 saturated heterocycles. The second kappa shape index (κ2) is 6.06. The van der Waals surface area contributed by atoms with Crippen molar-refractivity contribution in [1.82, 2.24) is 5.32 Å². The first-order valence-electron chi connectivity index (χ1n) is 6.44. The van der Waals surface area contributed by atoms with E-state index in [-0.39, 0.29) is 0 Å². The van der Waals surface area contributed by atoms with Gasteiger partial charge in [0.1, 0.15) is 0 Å². The average molecular weight is 234 g/mol. The molecule has 0 unspecified atom stereocenters. The molecule has 1 rings (SSSR count).